The van der Waals surface area contributed by atoms with Crippen LogP contribution in [0.2, 0.25) is 0 Å². The molecule has 1 aliphatic heterocycles. The molecule has 1 saturated heterocycles. The fraction of sp³-hybridized carbons (Fsp3) is 0.533. The molecule has 2 rings (SSSR count). The Morgan fingerprint density at radius 1 is 1.16 bits per heavy atom. The third kappa shape index (κ3) is 4.24. The minimum absolute atomic E-state index is 0.0829. The molecule has 0 aliphatic carbocycles. The standard InChI is InChI=1S/C15H23N3O/c1-17(2)14-8-6-13(7-9-14)16-15(19)12-18-10-4-3-5-11-18/h6-9H,3-5,10-12H2,1-2H3,(H,16,19). The van der Waals surface area contributed by atoms with Gasteiger partial charge in [-0.25, -0.2) is 0 Å². The summed E-state index contributed by atoms with van der Waals surface area (Å²) in [4.78, 5) is 16.2. The number of nitrogens with one attached hydrogen (secondary N) is 1. The average Bonchev–Trinajstić information content (AvgIpc) is 2.40. The summed E-state index contributed by atoms with van der Waals surface area (Å²) >= 11 is 0. The van der Waals surface area contributed by atoms with Gasteiger partial charge >= 0.3 is 0 Å². The molecule has 1 aromatic carbocycles. The Hall–Kier alpha value is -1.55. The topological polar surface area (TPSA) is 35.6 Å². The highest BCUT2D eigenvalue weighted by atomic mass is 16.2. The molecule has 4 heteroatoms. The van der Waals surface area contributed by atoms with Crippen LogP contribution in [0, 0.1) is 0 Å². The molecular formula is C15H23N3O. The van der Waals surface area contributed by atoms with Crippen molar-refractivity contribution in [3.05, 3.63) is 24.3 Å². The number of piperidine rings is 1. The number of rotatable bonds is 4. The average molecular weight is 261 g/mol. The van der Waals surface area contributed by atoms with Crippen molar-refractivity contribution < 1.29 is 4.79 Å². The van der Waals surface area contributed by atoms with E-state index >= 15 is 0 Å². The van der Waals surface area contributed by atoms with E-state index in [4.69, 9.17) is 0 Å². The molecule has 0 aromatic heterocycles. The van der Waals surface area contributed by atoms with Crippen LogP contribution in [0.1, 0.15) is 19.3 Å². The molecule has 1 aliphatic rings. The molecule has 104 valence electrons. The summed E-state index contributed by atoms with van der Waals surface area (Å²) in [5, 5.41) is 2.96. The third-order valence-corrected chi connectivity index (χ3v) is 3.48. The molecule has 0 radical (unpaired) electrons. The second-order valence-corrected chi connectivity index (χ2v) is 5.33. The van der Waals surface area contributed by atoms with E-state index in [9.17, 15) is 4.79 Å². The first kappa shape index (κ1) is 13.9. The Balaban J connectivity index is 1.84. The normalized spacial score (nSPS) is 16.1. The first-order valence-electron chi connectivity index (χ1n) is 6.95. The van der Waals surface area contributed by atoms with Crippen molar-refractivity contribution in [2.45, 2.75) is 19.3 Å². The lowest BCUT2D eigenvalue weighted by atomic mass is 10.1. The molecule has 4 nitrogen and oxygen atoms in total. The number of hydrogen-bond donors (Lipinski definition) is 1. The Labute approximate surface area is 115 Å². The Morgan fingerprint density at radius 3 is 2.37 bits per heavy atom. The molecule has 0 atom stereocenters. The molecule has 0 bridgehead atoms. The summed E-state index contributed by atoms with van der Waals surface area (Å²) in [5.41, 5.74) is 2.00. The van der Waals surface area contributed by atoms with Gasteiger partial charge in [0.2, 0.25) is 5.91 Å². The number of carbonyl (C=O) groups is 1. The smallest absolute Gasteiger partial charge is 0.238 e. The molecule has 1 amide bonds. The van der Waals surface area contributed by atoms with Gasteiger partial charge in [0.1, 0.15) is 0 Å². The fourth-order valence-electron chi connectivity index (χ4n) is 2.36. The molecule has 0 unspecified atom stereocenters. The second-order valence-electron chi connectivity index (χ2n) is 5.33. The van der Waals surface area contributed by atoms with E-state index < -0.39 is 0 Å². The maximum atomic E-state index is 11.9. The summed E-state index contributed by atoms with van der Waals surface area (Å²) in [7, 11) is 4.01. The van der Waals surface area contributed by atoms with Crippen molar-refractivity contribution in [2.75, 3.05) is 43.9 Å². The minimum atomic E-state index is 0.0829. The molecule has 19 heavy (non-hydrogen) atoms. The molecule has 0 spiro atoms. The van der Waals surface area contributed by atoms with Gasteiger partial charge in [0.25, 0.3) is 0 Å². The van der Waals surface area contributed by atoms with Gasteiger partial charge in [-0.3, -0.25) is 9.69 Å². The summed E-state index contributed by atoms with van der Waals surface area (Å²) in [5.74, 6) is 0.0829. The number of amides is 1. The minimum Gasteiger partial charge on any atom is -0.378 e. The summed E-state index contributed by atoms with van der Waals surface area (Å²) in [6.07, 6.45) is 3.72. The maximum absolute atomic E-state index is 11.9. The van der Waals surface area contributed by atoms with Crippen LogP contribution in [0.5, 0.6) is 0 Å². The molecule has 1 fully saturated rings. The lowest BCUT2D eigenvalue weighted by molar-refractivity contribution is -0.117. The Kier molecular flexibility index (Phi) is 4.80. The van der Waals surface area contributed by atoms with Gasteiger partial charge in [-0.2, -0.15) is 0 Å². The maximum Gasteiger partial charge on any atom is 0.238 e. The van der Waals surface area contributed by atoms with Gasteiger partial charge in [-0.15, -0.1) is 0 Å². The van der Waals surface area contributed by atoms with Crippen LogP contribution in [0.4, 0.5) is 11.4 Å². The summed E-state index contributed by atoms with van der Waals surface area (Å²) < 4.78 is 0. The van der Waals surface area contributed by atoms with Crippen molar-refractivity contribution >= 4 is 17.3 Å². The first-order valence-corrected chi connectivity index (χ1v) is 6.95. The number of benzene rings is 1. The van der Waals surface area contributed by atoms with E-state index in [0.717, 1.165) is 24.5 Å². The van der Waals surface area contributed by atoms with Gasteiger partial charge in [-0.05, 0) is 50.2 Å². The predicted molar refractivity (Wildman–Crippen MR) is 79.7 cm³/mol. The zero-order valence-electron chi connectivity index (χ0n) is 11.9. The van der Waals surface area contributed by atoms with E-state index in [1.807, 2.05) is 43.3 Å². The SMILES string of the molecule is CN(C)c1ccc(NC(=O)CN2CCCCC2)cc1. The van der Waals surface area contributed by atoms with Crippen LogP contribution in [0.15, 0.2) is 24.3 Å². The molecular weight excluding hydrogens is 238 g/mol. The highest BCUT2D eigenvalue weighted by Gasteiger charge is 2.13. The van der Waals surface area contributed by atoms with Crippen molar-refractivity contribution in [3.8, 4) is 0 Å². The summed E-state index contributed by atoms with van der Waals surface area (Å²) in [6, 6.07) is 7.92. The number of carbonyl (C=O) groups excluding carboxylic acids is 1. The third-order valence-electron chi connectivity index (χ3n) is 3.48. The van der Waals surface area contributed by atoms with Crippen molar-refractivity contribution in [1.82, 2.24) is 4.90 Å². The van der Waals surface area contributed by atoms with E-state index in [1.165, 1.54) is 19.3 Å². The molecule has 0 saturated carbocycles. The van der Waals surface area contributed by atoms with Crippen LogP contribution in [-0.4, -0.2) is 44.5 Å². The Morgan fingerprint density at radius 2 is 1.79 bits per heavy atom. The van der Waals surface area contributed by atoms with Gasteiger partial charge in [0, 0.05) is 25.5 Å². The van der Waals surface area contributed by atoms with Gasteiger partial charge in [0.15, 0.2) is 0 Å². The fourth-order valence-corrected chi connectivity index (χ4v) is 2.36. The van der Waals surface area contributed by atoms with Crippen molar-refractivity contribution in [3.63, 3.8) is 0 Å². The predicted octanol–water partition coefficient (Wildman–Crippen LogP) is 2.18. The van der Waals surface area contributed by atoms with Crippen LogP contribution in [0.25, 0.3) is 0 Å². The van der Waals surface area contributed by atoms with Crippen LogP contribution >= 0.6 is 0 Å². The van der Waals surface area contributed by atoms with E-state index in [0.29, 0.717) is 6.54 Å². The number of likely N-dealkylation sites (tertiary alicyclic amines) is 1. The van der Waals surface area contributed by atoms with Crippen LogP contribution in [-0.2, 0) is 4.79 Å². The van der Waals surface area contributed by atoms with E-state index in [1.54, 1.807) is 0 Å². The monoisotopic (exact) mass is 261 g/mol. The first-order chi connectivity index (χ1) is 9.15. The number of hydrogen-bond acceptors (Lipinski definition) is 3. The lowest BCUT2D eigenvalue weighted by Crippen LogP contribution is -2.36. The lowest BCUT2D eigenvalue weighted by Gasteiger charge is -2.25. The van der Waals surface area contributed by atoms with Crippen LogP contribution in [0.3, 0.4) is 0 Å². The molecule has 1 N–H and O–H groups in total. The highest BCUT2D eigenvalue weighted by Crippen LogP contribution is 2.16. The number of nitrogens with zero attached hydrogens (tertiary/aromatic N) is 2. The van der Waals surface area contributed by atoms with Crippen LogP contribution < -0.4 is 10.2 Å². The van der Waals surface area contributed by atoms with Gasteiger partial charge < -0.3 is 10.2 Å². The van der Waals surface area contributed by atoms with E-state index in [2.05, 4.69) is 10.2 Å². The Bertz CT molecular complexity index is 408. The second kappa shape index (κ2) is 6.57. The van der Waals surface area contributed by atoms with Gasteiger partial charge in [0.05, 0.1) is 6.54 Å². The van der Waals surface area contributed by atoms with E-state index in [-0.39, 0.29) is 5.91 Å². The van der Waals surface area contributed by atoms with Crippen molar-refractivity contribution in [2.24, 2.45) is 0 Å². The molecule has 1 heterocycles. The summed E-state index contributed by atoms with van der Waals surface area (Å²) in [6.45, 7) is 2.61. The van der Waals surface area contributed by atoms with Gasteiger partial charge in [-0.1, -0.05) is 6.42 Å². The highest BCUT2D eigenvalue weighted by molar-refractivity contribution is 5.92. The largest absolute Gasteiger partial charge is 0.378 e. The van der Waals surface area contributed by atoms with Crippen molar-refractivity contribution in [1.29, 1.82) is 0 Å². The number of anilines is 2. The zero-order valence-corrected chi connectivity index (χ0v) is 11.9. The quantitative estimate of drug-likeness (QED) is 0.902. The molecule has 1 aromatic rings. The zero-order chi connectivity index (χ0) is 13.7.